The summed E-state index contributed by atoms with van der Waals surface area (Å²) in [4.78, 5) is 22.2. The van der Waals surface area contributed by atoms with Crippen LogP contribution in [0.5, 0.6) is 0 Å². The fourth-order valence-corrected chi connectivity index (χ4v) is 3.68. The molecule has 1 aliphatic rings. The Hall–Kier alpha value is -0.830. The zero-order valence-corrected chi connectivity index (χ0v) is 18.0. The highest BCUT2D eigenvalue weighted by molar-refractivity contribution is 14.0. The van der Waals surface area contributed by atoms with Gasteiger partial charge in [-0.2, -0.15) is 0 Å². The number of guanidine groups is 1. The molecule has 5 nitrogen and oxygen atoms in total. The number of hydrogen-bond acceptors (Lipinski definition) is 3. The Bertz CT molecular complexity index is 546. The first-order chi connectivity index (χ1) is 11.2. The first-order valence-electron chi connectivity index (χ1n) is 8.40. The van der Waals surface area contributed by atoms with Gasteiger partial charge in [-0.1, -0.05) is 13.3 Å². The number of thiophene rings is 1. The van der Waals surface area contributed by atoms with Crippen molar-refractivity contribution in [3.63, 3.8) is 0 Å². The average molecular weight is 464 g/mol. The average Bonchev–Trinajstić information content (AvgIpc) is 3.03. The van der Waals surface area contributed by atoms with Gasteiger partial charge in [-0.15, -0.1) is 35.3 Å². The number of aliphatic imine (C=N–C) groups is 1. The normalized spacial score (nSPS) is 14.0. The molecular formula is C17H29IN4OS. The number of fused-ring (bicyclic) bond motifs is 1. The summed E-state index contributed by atoms with van der Waals surface area (Å²) in [5.74, 6) is 1.09. The Balaban J connectivity index is 0.00000288. The summed E-state index contributed by atoms with van der Waals surface area (Å²) >= 11 is 1.80. The van der Waals surface area contributed by atoms with E-state index in [1.807, 2.05) is 11.9 Å². The van der Waals surface area contributed by atoms with Gasteiger partial charge in [0, 0.05) is 51.6 Å². The van der Waals surface area contributed by atoms with Gasteiger partial charge >= 0.3 is 0 Å². The van der Waals surface area contributed by atoms with Crippen LogP contribution in [-0.2, 0) is 17.8 Å². The van der Waals surface area contributed by atoms with Crippen LogP contribution in [0.15, 0.2) is 16.4 Å². The number of halogens is 1. The molecule has 1 amide bonds. The molecular weight excluding hydrogens is 435 g/mol. The Labute approximate surface area is 166 Å². The summed E-state index contributed by atoms with van der Waals surface area (Å²) in [7, 11) is 3.82. The molecule has 1 aromatic heterocycles. The molecule has 2 heterocycles. The lowest BCUT2D eigenvalue weighted by Gasteiger charge is -2.27. The van der Waals surface area contributed by atoms with Gasteiger partial charge in [-0.25, -0.2) is 0 Å². The molecule has 7 heteroatoms. The van der Waals surface area contributed by atoms with Crippen LogP contribution in [0.2, 0.25) is 0 Å². The number of rotatable bonds is 6. The zero-order chi connectivity index (χ0) is 16.7. The summed E-state index contributed by atoms with van der Waals surface area (Å²) in [6.07, 6.45) is 3.82. The standard InChI is InChI=1S/C17H28N4OS.HI/c1-4-5-10-20(3)17(18-2)19-9-6-16(22)21-11-7-15-14(13-21)8-12-23-15;/h8,12H,4-7,9-11,13H2,1-3H3,(H,18,19);1H. The minimum absolute atomic E-state index is 0. The lowest BCUT2D eigenvalue weighted by Crippen LogP contribution is -2.42. The fraction of sp³-hybridized carbons (Fsp3) is 0.647. The van der Waals surface area contributed by atoms with E-state index in [1.54, 1.807) is 18.4 Å². The van der Waals surface area contributed by atoms with E-state index in [0.29, 0.717) is 13.0 Å². The molecule has 0 aliphatic carbocycles. The minimum Gasteiger partial charge on any atom is -0.356 e. The van der Waals surface area contributed by atoms with Crippen molar-refractivity contribution in [2.24, 2.45) is 4.99 Å². The number of nitrogens with one attached hydrogen (secondary N) is 1. The van der Waals surface area contributed by atoms with E-state index < -0.39 is 0 Å². The van der Waals surface area contributed by atoms with Crippen LogP contribution in [0.1, 0.15) is 36.6 Å². The van der Waals surface area contributed by atoms with Crippen LogP contribution in [0, 0.1) is 0 Å². The van der Waals surface area contributed by atoms with Gasteiger partial charge in [0.05, 0.1) is 0 Å². The van der Waals surface area contributed by atoms with Crippen LogP contribution >= 0.6 is 35.3 Å². The monoisotopic (exact) mass is 464 g/mol. The molecule has 1 N–H and O–H groups in total. The first kappa shape index (κ1) is 21.2. The number of unbranched alkanes of at least 4 members (excludes halogenated alkanes) is 1. The molecule has 1 aliphatic heterocycles. The quantitative estimate of drug-likeness (QED) is 0.400. The number of carbonyl (C=O) groups is 1. The van der Waals surface area contributed by atoms with Crippen molar-refractivity contribution in [1.82, 2.24) is 15.1 Å². The molecule has 1 aromatic rings. The Kier molecular flexibility index (Phi) is 9.65. The van der Waals surface area contributed by atoms with E-state index in [-0.39, 0.29) is 29.9 Å². The van der Waals surface area contributed by atoms with Gasteiger partial charge in [0.25, 0.3) is 0 Å². The van der Waals surface area contributed by atoms with E-state index in [2.05, 4.69) is 33.6 Å². The second-order valence-corrected chi connectivity index (χ2v) is 6.93. The van der Waals surface area contributed by atoms with E-state index in [0.717, 1.165) is 38.4 Å². The van der Waals surface area contributed by atoms with E-state index >= 15 is 0 Å². The second-order valence-electron chi connectivity index (χ2n) is 5.93. The minimum atomic E-state index is 0. The lowest BCUT2D eigenvalue weighted by molar-refractivity contribution is -0.131. The van der Waals surface area contributed by atoms with Gasteiger partial charge in [0.15, 0.2) is 5.96 Å². The van der Waals surface area contributed by atoms with Gasteiger partial charge in [0.1, 0.15) is 0 Å². The van der Waals surface area contributed by atoms with E-state index in [9.17, 15) is 4.79 Å². The molecule has 0 saturated carbocycles. The Morgan fingerprint density at radius 2 is 2.29 bits per heavy atom. The van der Waals surface area contributed by atoms with Crippen molar-refractivity contribution >= 4 is 47.2 Å². The van der Waals surface area contributed by atoms with Crippen LogP contribution in [0.3, 0.4) is 0 Å². The Morgan fingerprint density at radius 1 is 1.50 bits per heavy atom. The highest BCUT2D eigenvalue weighted by Gasteiger charge is 2.21. The predicted molar refractivity (Wildman–Crippen MR) is 112 cm³/mol. The maximum atomic E-state index is 12.4. The summed E-state index contributed by atoms with van der Waals surface area (Å²) in [5.41, 5.74) is 1.32. The fourth-order valence-electron chi connectivity index (χ4n) is 2.79. The van der Waals surface area contributed by atoms with Crippen molar-refractivity contribution in [3.05, 3.63) is 21.9 Å². The Morgan fingerprint density at radius 3 is 3.00 bits per heavy atom. The molecule has 2 rings (SSSR count). The predicted octanol–water partition coefficient (Wildman–Crippen LogP) is 2.95. The topological polar surface area (TPSA) is 47.9 Å². The molecule has 0 atom stereocenters. The van der Waals surface area contributed by atoms with Crippen LogP contribution in [0.25, 0.3) is 0 Å². The number of carbonyl (C=O) groups excluding carboxylic acids is 1. The van der Waals surface area contributed by atoms with Crippen molar-refractivity contribution in [3.8, 4) is 0 Å². The molecule has 0 bridgehead atoms. The maximum Gasteiger partial charge on any atom is 0.224 e. The highest BCUT2D eigenvalue weighted by atomic mass is 127. The summed E-state index contributed by atoms with van der Waals surface area (Å²) in [6.45, 7) is 5.41. The largest absolute Gasteiger partial charge is 0.356 e. The molecule has 0 saturated heterocycles. The van der Waals surface area contributed by atoms with Crippen molar-refractivity contribution in [1.29, 1.82) is 0 Å². The van der Waals surface area contributed by atoms with Gasteiger partial charge in [-0.3, -0.25) is 9.79 Å². The molecule has 0 fully saturated rings. The van der Waals surface area contributed by atoms with Crippen LogP contribution in [0.4, 0.5) is 0 Å². The molecule has 24 heavy (non-hydrogen) atoms. The van der Waals surface area contributed by atoms with E-state index in [4.69, 9.17) is 0 Å². The summed E-state index contributed by atoms with van der Waals surface area (Å²) < 4.78 is 0. The third-order valence-electron chi connectivity index (χ3n) is 4.20. The smallest absolute Gasteiger partial charge is 0.224 e. The lowest BCUT2D eigenvalue weighted by atomic mass is 10.1. The number of nitrogens with zero attached hydrogens (tertiary/aromatic N) is 3. The summed E-state index contributed by atoms with van der Waals surface area (Å²) in [6, 6.07) is 2.14. The third-order valence-corrected chi connectivity index (χ3v) is 5.23. The van der Waals surface area contributed by atoms with Crippen molar-refractivity contribution in [2.75, 3.05) is 33.7 Å². The second kappa shape index (κ2) is 10.9. The first-order valence-corrected chi connectivity index (χ1v) is 9.28. The molecule has 0 radical (unpaired) electrons. The highest BCUT2D eigenvalue weighted by Crippen LogP contribution is 2.24. The number of amides is 1. The van der Waals surface area contributed by atoms with Crippen LogP contribution < -0.4 is 5.32 Å². The maximum absolute atomic E-state index is 12.4. The van der Waals surface area contributed by atoms with Crippen LogP contribution in [-0.4, -0.2) is 55.4 Å². The molecule has 0 spiro atoms. The third kappa shape index (κ3) is 5.91. The van der Waals surface area contributed by atoms with Crippen molar-refractivity contribution < 1.29 is 4.79 Å². The van der Waals surface area contributed by atoms with Gasteiger partial charge in [-0.05, 0) is 29.9 Å². The molecule has 136 valence electrons. The van der Waals surface area contributed by atoms with Gasteiger partial charge in [0.2, 0.25) is 5.91 Å². The number of hydrogen-bond donors (Lipinski definition) is 1. The van der Waals surface area contributed by atoms with Crippen molar-refractivity contribution in [2.45, 2.75) is 39.2 Å². The zero-order valence-electron chi connectivity index (χ0n) is 14.9. The van der Waals surface area contributed by atoms with E-state index in [1.165, 1.54) is 16.9 Å². The molecule has 0 aromatic carbocycles. The van der Waals surface area contributed by atoms with Gasteiger partial charge < -0.3 is 15.1 Å². The molecule has 0 unspecified atom stereocenters. The summed E-state index contributed by atoms with van der Waals surface area (Å²) in [5, 5.41) is 5.41. The SMILES string of the molecule is CCCCN(C)C(=NC)NCCC(=O)N1CCc2sccc2C1.I.